The molecule has 2 aromatic rings. The standard InChI is InChI=1S/C23H24N2O5S/c1-14(17-5-8-19-20(13-17)30-10-9-29-19)24-22(26)16-3-6-18(7-4-16)25-23(27)21-15(2)28-11-12-31-21/h3-8,13-14H,9-12H2,1-2H3,(H,24,26)(H,25,27). The van der Waals surface area contributed by atoms with E-state index in [1.165, 1.54) is 11.8 Å². The minimum atomic E-state index is -0.207. The summed E-state index contributed by atoms with van der Waals surface area (Å²) in [5, 5.41) is 5.84. The van der Waals surface area contributed by atoms with E-state index in [4.69, 9.17) is 14.2 Å². The van der Waals surface area contributed by atoms with Gasteiger partial charge in [0.25, 0.3) is 11.8 Å². The summed E-state index contributed by atoms with van der Waals surface area (Å²) < 4.78 is 16.6. The summed E-state index contributed by atoms with van der Waals surface area (Å²) in [5.74, 6) is 2.40. The normalized spacial score (nSPS) is 16.2. The maximum Gasteiger partial charge on any atom is 0.265 e. The number of hydrogen-bond donors (Lipinski definition) is 2. The van der Waals surface area contributed by atoms with E-state index in [1.807, 2.05) is 25.1 Å². The van der Waals surface area contributed by atoms with Crippen LogP contribution in [0.1, 0.15) is 35.8 Å². The number of ether oxygens (including phenoxy) is 3. The van der Waals surface area contributed by atoms with Gasteiger partial charge in [-0.3, -0.25) is 9.59 Å². The van der Waals surface area contributed by atoms with Crippen LogP contribution in [0, 0.1) is 0 Å². The monoisotopic (exact) mass is 440 g/mol. The molecular formula is C23H24N2O5S. The third-order valence-corrected chi connectivity index (χ3v) is 6.13. The predicted octanol–water partition coefficient (Wildman–Crippen LogP) is 3.88. The molecule has 0 radical (unpaired) electrons. The van der Waals surface area contributed by atoms with Crippen molar-refractivity contribution in [2.45, 2.75) is 19.9 Å². The van der Waals surface area contributed by atoms with Crippen LogP contribution in [0.3, 0.4) is 0 Å². The molecule has 2 aliphatic rings. The number of fused-ring (bicyclic) bond motifs is 1. The van der Waals surface area contributed by atoms with Crippen molar-refractivity contribution in [2.24, 2.45) is 0 Å². The molecule has 0 fully saturated rings. The summed E-state index contributed by atoms with van der Waals surface area (Å²) in [7, 11) is 0. The zero-order valence-electron chi connectivity index (χ0n) is 17.4. The van der Waals surface area contributed by atoms with Crippen molar-refractivity contribution < 1.29 is 23.8 Å². The van der Waals surface area contributed by atoms with Crippen molar-refractivity contribution in [1.29, 1.82) is 0 Å². The summed E-state index contributed by atoms with van der Waals surface area (Å²) in [6, 6.07) is 12.3. The number of carbonyl (C=O) groups is 2. The molecule has 0 aromatic heterocycles. The summed E-state index contributed by atoms with van der Waals surface area (Å²) in [4.78, 5) is 25.7. The second-order valence-electron chi connectivity index (χ2n) is 7.21. The van der Waals surface area contributed by atoms with Crippen molar-refractivity contribution in [2.75, 3.05) is 30.9 Å². The van der Waals surface area contributed by atoms with Gasteiger partial charge in [0.05, 0.1) is 12.6 Å². The highest BCUT2D eigenvalue weighted by Gasteiger charge is 2.19. The highest BCUT2D eigenvalue weighted by Crippen LogP contribution is 2.32. The molecule has 2 N–H and O–H groups in total. The second kappa shape index (κ2) is 9.34. The van der Waals surface area contributed by atoms with Gasteiger partial charge in [0.15, 0.2) is 11.5 Å². The fraction of sp³-hybridized carbons (Fsp3) is 0.304. The molecule has 0 saturated carbocycles. The van der Waals surface area contributed by atoms with Crippen molar-refractivity contribution in [3.63, 3.8) is 0 Å². The molecule has 31 heavy (non-hydrogen) atoms. The number of nitrogens with one attached hydrogen (secondary N) is 2. The molecule has 0 aliphatic carbocycles. The van der Waals surface area contributed by atoms with E-state index in [9.17, 15) is 9.59 Å². The van der Waals surface area contributed by atoms with Gasteiger partial charge in [-0.25, -0.2) is 0 Å². The fourth-order valence-corrected chi connectivity index (χ4v) is 4.13. The lowest BCUT2D eigenvalue weighted by atomic mass is 10.1. The summed E-state index contributed by atoms with van der Waals surface area (Å²) in [5.41, 5.74) is 2.05. The van der Waals surface area contributed by atoms with Gasteiger partial charge in [-0.2, -0.15) is 0 Å². The van der Waals surface area contributed by atoms with E-state index in [0.717, 1.165) is 17.1 Å². The molecule has 1 unspecified atom stereocenters. The average Bonchev–Trinajstić information content (AvgIpc) is 2.79. The van der Waals surface area contributed by atoms with Crippen LogP contribution in [0.15, 0.2) is 53.1 Å². The zero-order valence-corrected chi connectivity index (χ0v) is 18.2. The molecule has 0 spiro atoms. The number of hydrogen-bond acceptors (Lipinski definition) is 6. The van der Waals surface area contributed by atoms with E-state index in [-0.39, 0.29) is 17.9 Å². The van der Waals surface area contributed by atoms with E-state index < -0.39 is 0 Å². The lowest BCUT2D eigenvalue weighted by molar-refractivity contribution is -0.112. The molecule has 2 heterocycles. The van der Waals surface area contributed by atoms with Crippen molar-refractivity contribution in [3.8, 4) is 11.5 Å². The Morgan fingerprint density at radius 3 is 2.42 bits per heavy atom. The highest BCUT2D eigenvalue weighted by atomic mass is 32.2. The van der Waals surface area contributed by atoms with Gasteiger partial charge < -0.3 is 24.8 Å². The Balaban J connectivity index is 1.37. The van der Waals surface area contributed by atoms with Crippen LogP contribution in [-0.2, 0) is 9.53 Å². The van der Waals surface area contributed by atoms with Gasteiger partial charge in [0.2, 0.25) is 0 Å². The number of carbonyl (C=O) groups excluding carboxylic acids is 2. The fourth-order valence-electron chi connectivity index (χ4n) is 3.32. The van der Waals surface area contributed by atoms with Crippen LogP contribution in [0.5, 0.6) is 11.5 Å². The minimum Gasteiger partial charge on any atom is -0.496 e. The molecular weight excluding hydrogens is 416 g/mol. The first kappa shape index (κ1) is 21.1. The third-order valence-electron chi connectivity index (χ3n) is 4.99. The number of anilines is 1. The Morgan fingerprint density at radius 2 is 1.68 bits per heavy atom. The van der Waals surface area contributed by atoms with Gasteiger partial charge in [-0.15, -0.1) is 11.8 Å². The van der Waals surface area contributed by atoms with Gasteiger partial charge in [0.1, 0.15) is 23.9 Å². The van der Waals surface area contributed by atoms with Crippen molar-refractivity contribution in [1.82, 2.24) is 5.32 Å². The molecule has 162 valence electrons. The summed E-state index contributed by atoms with van der Waals surface area (Å²) in [6.07, 6.45) is 0. The molecule has 0 saturated heterocycles. The van der Waals surface area contributed by atoms with Gasteiger partial charge in [-0.1, -0.05) is 6.07 Å². The van der Waals surface area contributed by atoms with Crippen LogP contribution < -0.4 is 20.1 Å². The lowest BCUT2D eigenvalue weighted by Crippen LogP contribution is -2.27. The van der Waals surface area contributed by atoms with E-state index in [0.29, 0.717) is 47.5 Å². The maximum absolute atomic E-state index is 12.7. The molecule has 4 rings (SSSR count). The molecule has 1 atom stereocenters. The molecule has 8 heteroatoms. The summed E-state index contributed by atoms with van der Waals surface area (Å²) >= 11 is 1.48. The highest BCUT2D eigenvalue weighted by molar-refractivity contribution is 8.04. The number of allylic oxidation sites excluding steroid dienone is 1. The predicted molar refractivity (Wildman–Crippen MR) is 119 cm³/mol. The Bertz CT molecular complexity index is 1020. The Kier molecular flexibility index (Phi) is 6.36. The number of amides is 2. The smallest absolute Gasteiger partial charge is 0.265 e. The number of benzene rings is 2. The third kappa shape index (κ3) is 4.96. The number of rotatable bonds is 5. The molecule has 0 bridgehead atoms. The first-order valence-electron chi connectivity index (χ1n) is 10.1. The largest absolute Gasteiger partial charge is 0.496 e. The molecule has 2 amide bonds. The van der Waals surface area contributed by atoms with Crippen molar-refractivity contribution >= 4 is 29.3 Å². The zero-order chi connectivity index (χ0) is 21.8. The lowest BCUT2D eigenvalue weighted by Gasteiger charge is -2.21. The van der Waals surface area contributed by atoms with Crippen molar-refractivity contribution in [3.05, 3.63) is 64.3 Å². The van der Waals surface area contributed by atoms with Crippen LogP contribution in [0.4, 0.5) is 5.69 Å². The topological polar surface area (TPSA) is 85.9 Å². The van der Waals surface area contributed by atoms with Gasteiger partial charge in [-0.05, 0) is 55.8 Å². The van der Waals surface area contributed by atoms with E-state index >= 15 is 0 Å². The van der Waals surface area contributed by atoms with Gasteiger partial charge >= 0.3 is 0 Å². The Morgan fingerprint density at radius 1 is 0.935 bits per heavy atom. The van der Waals surface area contributed by atoms with Crippen LogP contribution >= 0.6 is 11.8 Å². The van der Waals surface area contributed by atoms with E-state index in [2.05, 4.69) is 10.6 Å². The van der Waals surface area contributed by atoms with Crippen LogP contribution in [0.2, 0.25) is 0 Å². The Hall–Kier alpha value is -3.13. The maximum atomic E-state index is 12.7. The number of thioether (sulfide) groups is 1. The molecule has 2 aromatic carbocycles. The van der Waals surface area contributed by atoms with Gasteiger partial charge in [0, 0.05) is 17.0 Å². The SMILES string of the molecule is CC1=C(C(=O)Nc2ccc(C(=O)NC(C)c3ccc4c(c3)OCCO4)cc2)SCCO1. The van der Waals surface area contributed by atoms with Crippen LogP contribution in [0.25, 0.3) is 0 Å². The van der Waals surface area contributed by atoms with Crippen LogP contribution in [-0.4, -0.2) is 37.4 Å². The minimum absolute atomic E-state index is 0.199. The summed E-state index contributed by atoms with van der Waals surface area (Å²) in [6.45, 7) is 5.37. The first-order chi connectivity index (χ1) is 15.0. The van der Waals surface area contributed by atoms with E-state index in [1.54, 1.807) is 31.2 Å². The second-order valence-corrected chi connectivity index (χ2v) is 8.32. The first-order valence-corrected chi connectivity index (χ1v) is 11.1. The average molecular weight is 441 g/mol. The quantitative estimate of drug-likeness (QED) is 0.734. The Labute approximate surface area is 185 Å². The molecule has 7 nitrogen and oxygen atoms in total. The molecule has 2 aliphatic heterocycles.